The molecule has 1 N–H and O–H groups in total. The second-order valence-electron chi connectivity index (χ2n) is 8.16. The van der Waals surface area contributed by atoms with Gasteiger partial charge in [0, 0.05) is 0 Å². The van der Waals surface area contributed by atoms with Gasteiger partial charge in [-0.05, 0) is 41.8 Å². The van der Waals surface area contributed by atoms with Gasteiger partial charge in [0.1, 0.15) is 11.6 Å². The van der Waals surface area contributed by atoms with E-state index in [4.69, 9.17) is 4.74 Å². The molecule has 1 aromatic heterocycles. The number of fused-ring (bicyclic) bond motifs is 1. The number of rotatable bonds is 8. The molecule has 0 bridgehead atoms. The molecule has 0 fully saturated rings. The summed E-state index contributed by atoms with van der Waals surface area (Å²) in [5, 5.41) is 11.4. The number of hydrogen-bond acceptors (Lipinski definition) is 5. The maximum absolute atomic E-state index is 15.9. The zero-order valence-corrected chi connectivity index (χ0v) is 19.0. The lowest BCUT2D eigenvalue weighted by Crippen LogP contribution is -2.58. The number of unbranched alkanes of at least 4 members (excludes halogenated alkanes) is 1. The Balaban J connectivity index is 1.81. The number of nitrogens with zero attached hydrogens (tertiary/aromatic N) is 3. The van der Waals surface area contributed by atoms with Crippen molar-refractivity contribution < 1.29 is 27.8 Å². The van der Waals surface area contributed by atoms with Gasteiger partial charge in [-0.3, -0.25) is 19.5 Å². The van der Waals surface area contributed by atoms with Crippen LogP contribution in [0.2, 0.25) is 0 Å². The van der Waals surface area contributed by atoms with Crippen LogP contribution in [0, 0.1) is 11.6 Å². The van der Waals surface area contributed by atoms with Gasteiger partial charge in [-0.1, -0.05) is 37.6 Å². The maximum Gasteiger partial charge on any atom is 0.280 e. The van der Waals surface area contributed by atoms with Crippen molar-refractivity contribution in [3.05, 3.63) is 93.4 Å². The van der Waals surface area contributed by atoms with Crippen LogP contribution in [-0.4, -0.2) is 33.6 Å². The van der Waals surface area contributed by atoms with E-state index in [-0.39, 0.29) is 31.1 Å². The molecule has 4 rings (SSSR count). The van der Waals surface area contributed by atoms with Gasteiger partial charge in [0.15, 0.2) is 11.4 Å². The molecule has 2 aromatic carbocycles. The first-order valence-electron chi connectivity index (χ1n) is 11.1. The lowest BCUT2D eigenvalue weighted by Gasteiger charge is -2.42. The fraction of sp³-hybridized carbons (Fsp3) is 0.280. The van der Waals surface area contributed by atoms with E-state index in [0.717, 1.165) is 27.2 Å². The van der Waals surface area contributed by atoms with E-state index >= 15 is 4.39 Å². The molecule has 1 amide bonds. The third kappa shape index (κ3) is 4.96. The molecule has 0 saturated heterocycles. The van der Waals surface area contributed by atoms with Crippen molar-refractivity contribution in [2.45, 2.75) is 39.3 Å². The average molecular weight is 487 g/mol. The van der Waals surface area contributed by atoms with E-state index in [2.05, 4.69) is 0 Å². The number of alkyl halides is 1. The molecule has 0 radical (unpaired) electrons. The first-order valence-corrected chi connectivity index (χ1v) is 11.1. The van der Waals surface area contributed by atoms with Crippen molar-refractivity contribution in [1.29, 1.82) is 0 Å². The minimum atomic E-state index is -2.03. The van der Waals surface area contributed by atoms with E-state index < -0.39 is 35.1 Å². The molecule has 0 aliphatic carbocycles. The van der Waals surface area contributed by atoms with E-state index in [9.17, 15) is 23.5 Å². The van der Waals surface area contributed by atoms with Crippen LogP contribution in [0.1, 0.15) is 41.4 Å². The first-order chi connectivity index (χ1) is 16.8. The molecule has 0 saturated carbocycles. The van der Waals surface area contributed by atoms with E-state index in [1.165, 1.54) is 48.5 Å². The number of halogens is 3. The normalized spacial score (nSPS) is 15.3. The Morgan fingerprint density at radius 2 is 1.51 bits per heavy atom. The van der Waals surface area contributed by atoms with Crippen molar-refractivity contribution in [1.82, 2.24) is 9.58 Å². The Hall–Kier alpha value is -3.95. The highest BCUT2D eigenvalue weighted by Gasteiger charge is 2.41. The highest BCUT2D eigenvalue weighted by atomic mass is 19.1. The summed E-state index contributed by atoms with van der Waals surface area (Å²) in [5.41, 5.74) is -0.154. The van der Waals surface area contributed by atoms with Gasteiger partial charge in [0.2, 0.25) is 5.75 Å². The SMILES string of the molecule is CCCCOc1c2n(cc(O)c1=O)N(Cc1ccc(F)cc1)C(F)N(Cc1ccc(F)cc1)C2=O. The number of aromatic hydroxyl groups is 1. The highest BCUT2D eigenvalue weighted by Crippen LogP contribution is 2.30. The Bertz CT molecular complexity index is 1260. The van der Waals surface area contributed by atoms with Crippen LogP contribution in [0.25, 0.3) is 0 Å². The lowest BCUT2D eigenvalue weighted by atomic mass is 10.1. The Labute approximate surface area is 199 Å². The highest BCUT2D eigenvalue weighted by molar-refractivity contribution is 5.96. The van der Waals surface area contributed by atoms with Crippen LogP contribution in [0.15, 0.2) is 59.5 Å². The summed E-state index contributed by atoms with van der Waals surface area (Å²) in [6.45, 7) is 1.69. The van der Waals surface area contributed by atoms with Gasteiger partial charge in [0.25, 0.3) is 17.8 Å². The summed E-state index contributed by atoms with van der Waals surface area (Å²) in [6.07, 6.45) is 0.284. The summed E-state index contributed by atoms with van der Waals surface area (Å²) in [4.78, 5) is 27.1. The topological polar surface area (TPSA) is 75.0 Å². The number of ether oxygens (including phenoxy) is 1. The smallest absolute Gasteiger partial charge is 0.280 e. The van der Waals surface area contributed by atoms with Crippen molar-refractivity contribution in [2.24, 2.45) is 0 Å². The third-order valence-corrected chi connectivity index (χ3v) is 5.64. The molecule has 1 aliphatic heterocycles. The molecule has 7 nitrogen and oxygen atoms in total. The summed E-state index contributed by atoms with van der Waals surface area (Å²) < 4.78 is 49.3. The van der Waals surface area contributed by atoms with Gasteiger partial charge in [-0.25, -0.2) is 13.5 Å². The van der Waals surface area contributed by atoms with Crippen molar-refractivity contribution in [3.63, 3.8) is 0 Å². The first kappa shape index (κ1) is 24.2. The largest absolute Gasteiger partial charge is 0.503 e. The van der Waals surface area contributed by atoms with Gasteiger partial charge in [0.05, 0.1) is 25.9 Å². The number of carbonyl (C=O) groups excluding carboxylic acids is 1. The summed E-state index contributed by atoms with van der Waals surface area (Å²) in [7, 11) is 0. The molecule has 10 heteroatoms. The molecule has 184 valence electrons. The monoisotopic (exact) mass is 487 g/mol. The van der Waals surface area contributed by atoms with Gasteiger partial charge in [-0.15, -0.1) is 0 Å². The van der Waals surface area contributed by atoms with Crippen LogP contribution in [-0.2, 0) is 13.1 Å². The molecule has 2 heterocycles. The van der Waals surface area contributed by atoms with Crippen LogP contribution in [0.4, 0.5) is 13.2 Å². The quantitative estimate of drug-likeness (QED) is 0.383. The number of carbonyl (C=O) groups is 1. The Morgan fingerprint density at radius 3 is 2.09 bits per heavy atom. The number of benzene rings is 2. The number of aromatic nitrogens is 1. The maximum atomic E-state index is 15.9. The number of pyridine rings is 1. The molecule has 35 heavy (non-hydrogen) atoms. The van der Waals surface area contributed by atoms with E-state index in [1.807, 2.05) is 6.92 Å². The summed E-state index contributed by atoms with van der Waals surface area (Å²) >= 11 is 0. The number of hydrogen-bond donors (Lipinski definition) is 1. The van der Waals surface area contributed by atoms with Crippen LogP contribution in [0.5, 0.6) is 11.5 Å². The molecular formula is C25H24F3N3O4. The molecule has 1 aliphatic rings. The van der Waals surface area contributed by atoms with Crippen LogP contribution < -0.4 is 15.2 Å². The predicted octanol–water partition coefficient (Wildman–Crippen LogP) is 4.06. The van der Waals surface area contributed by atoms with Crippen molar-refractivity contribution in [2.75, 3.05) is 11.6 Å². The fourth-order valence-corrected chi connectivity index (χ4v) is 3.78. The molecule has 1 atom stereocenters. The predicted molar refractivity (Wildman–Crippen MR) is 122 cm³/mol. The zero-order chi connectivity index (χ0) is 25.1. The van der Waals surface area contributed by atoms with Crippen LogP contribution >= 0.6 is 0 Å². The van der Waals surface area contributed by atoms with E-state index in [0.29, 0.717) is 17.5 Å². The molecule has 1 unspecified atom stereocenters. The molecule has 3 aromatic rings. The van der Waals surface area contributed by atoms with Gasteiger partial charge >= 0.3 is 0 Å². The Morgan fingerprint density at radius 1 is 0.943 bits per heavy atom. The van der Waals surface area contributed by atoms with Crippen molar-refractivity contribution >= 4 is 5.91 Å². The van der Waals surface area contributed by atoms with E-state index in [1.54, 1.807) is 0 Å². The van der Waals surface area contributed by atoms with Crippen LogP contribution in [0.3, 0.4) is 0 Å². The second-order valence-corrected chi connectivity index (χ2v) is 8.16. The van der Waals surface area contributed by atoms with Crippen molar-refractivity contribution in [3.8, 4) is 11.5 Å². The number of amides is 1. The molecular weight excluding hydrogens is 463 g/mol. The average Bonchev–Trinajstić information content (AvgIpc) is 2.84. The molecule has 0 spiro atoms. The minimum absolute atomic E-state index is 0.116. The Kier molecular flexibility index (Phi) is 6.99. The zero-order valence-electron chi connectivity index (χ0n) is 19.0. The minimum Gasteiger partial charge on any atom is -0.503 e. The lowest BCUT2D eigenvalue weighted by molar-refractivity contribution is 0.0211. The van der Waals surface area contributed by atoms with Gasteiger partial charge in [-0.2, -0.15) is 4.39 Å². The third-order valence-electron chi connectivity index (χ3n) is 5.64. The fourth-order valence-electron chi connectivity index (χ4n) is 3.78. The van der Waals surface area contributed by atoms with Gasteiger partial charge < -0.3 is 9.84 Å². The second kappa shape index (κ2) is 10.1. The summed E-state index contributed by atoms with van der Waals surface area (Å²) in [5.74, 6) is -2.88. The summed E-state index contributed by atoms with van der Waals surface area (Å²) in [6, 6.07) is 10.6. The standard InChI is InChI=1S/C25H24F3N3O4/c1-2-3-12-35-23-21-24(34)29(13-16-4-8-18(26)9-5-16)25(28)31(30(21)15-20(32)22(23)33)14-17-6-10-19(27)11-7-17/h4-11,15,25,32H,2-3,12-14H2,1H3.